The van der Waals surface area contributed by atoms with E-state index in [2.05, 4.69) is 38.2 Å². The number of quaternary nitrogens is 1. The van der Waals surface area contributed by atoms with Crippen molar-refractivity contribution in [3.63, 3.8) is 0 Å². The van der Waals surface area contributed by atoms with Crippen LogP contribution >= 0.6 is 7.82 Å². The summed E-state index contributed by atoms with van der Waals surface area (Å²) in [5.74, 6) is -0.953. The van der Waals surface area contributed by atoms with E-state index in [0.29, 0.717) is 29.8 Å². The van der Waals surface area contributed by atoms with Crippen LogP contribution in [-0.2, 0) is 43.9 Å². The van der Waals surface area contributed by atoms with E-state index in [1.165, 1.54) is 76.2 Å². The summed E-state index contributed by atoms with van der Waals surface area (Å²) in [6.45, 7) is 8.37. The minimum absolute atomic E-state index is 0.0102. The quantitative estimate of drug-likeness (QED) is 0.0302. The Morgan fingerprint density at radius 1 is 0.727 bits per heavy atom. The van der Waals surface area contributed by atoms with E-state index in [0.717, 1.165) is 31.2 Å². The van der Waals surface area contributed by atoms with Gasteiger partial charge in [0.15, 0.2) is 6.10 Å². The summed E-state index contributed by atoms with van der Waals surface area (Å²) in [4.78, 5) is 48.2. The fraction of sp³-hybridized carbons (Fsp3) is 0.791. The van der Waals surface area contributed by atoms with Crippen molar-refractivity contribution in [3.05, 3.63) is 35.4 Å². The van der Waals surface area contributed by atoms with Gasteiger partial charge in [0.25, 0.3) is 0 Å². The molecule has 0 fully saturated rings. The first-order chi connectivity index (χ1) is 26.1. The Hall–Kier alpha value is -2.30. The Balaban J connectivity index is 2.44. The molecular formula is C43H78N2O9P+. The normalized spacial score (nSPS) is 14.0. The first-order valence-corrected chi connectivity index (χ1v) is 22.8. The first-order valence-electron chi connectivity index (χ1n) is 21.3. The number of ether oxygens (including phenoxy) is 2. The number of phosphoric acid groups is 1. The number of hydrogen-bond acceptors (Lipinski definition) is 8. The molecule has 0 aliphatic rings. The van der Waals surface area contributed by atoms with Gasteiger partial charge in [-0.05, 0) is 43.2 Å². The molecule has 3 unspecified atom stereocenters. The van der Waals surface area contributed by atoms with Gasteiger partial charge in [-0.1, -0.05) is 135 Å². The topological polar surface area (TPSA) is 137 Å². The number of esters is 2. The molecule has 1 rings (SSSR count). The molecule has 0 saturated carbocycles. The number of carbonyl (C=O) groups is 3. The number of hydrogen-bond donors (Lipinski definition) is 2. The molecule has 0 bridgehead atoms. The average Bonchev–Trinajstić information content (AvgIpc) is 3.12. The number of phosphoric ester groups is 1. The maximum atomic E-state index is 12.8. The van der Waals surface area contributed by atoms with Crippen LogP contribution in [0.25, 0.3) is 0 Å². The van der Waals surface area contributed by atoms with E-state index in [4.69, 9.17) is 18.5 Å². The molecule has 0 radical (unpaired) electrons. The van der Waals surface area contributed by atoms with Crippen LogP contribution in [0, 0.1) is 5.92 Å². The van der Waals surface area contributed by atoms with E-state index >= 15 is 0 Å². The third-order valence-electron chi connectivity index (χ3n) is 9.53. The summed E-state index contributed by atoms with van der Waals surface area (Å²) in [7, 11) is 1.33. The van der Waals surface area contributed by atoms with Crippen molar-refractivity contribution in [3.8, 4) is 0 Å². The SMILES string of the molecule is CCCCCCCCCCCCCCCCCC(=O)OCC(COP(=O)(O)OCC[N+](C)(C)C)OC(=O)CCCNC(=O)C(C)c1ccc(CC(C)C)cc1. The van der Waals surface area contributed by atoms with Gasteiger partial charge in [-0.15, -0.1) is 0 Å². The second-order valence-corrected chi connectivity index (χ2v) is 18.0. The number of rotatable bonds is 34. The van der Waals surface area contributed by atoms with E-state index in [9.17, 15) is 23.8 Å². The van der Waals surface area contributed by atoms with Crippen molar-refractivity contribution in [2.45, 2.75) is 162 Å². The highest BCUT2D eigenvalue weighted by Gasteiger charge is 2.27. The molecular weight excluding hydrogens is 719 g/mol. The van der Waals surface area contributed by atoms with E-state index in [-0.39, 0.29) is 44.4 Å². The van der Waals surface area contributed by atoms with Crippen molar-refractivity contribution in [1.82, 2.24) is 5.32 Å². The molecule has 1 aromatic rings. The third kappa shape index (κ3) is 28.7. The van der Waals surface area contributed by atoms with Crippen LogP contribution < -0.4 is 5.32 Å². The number of nitrogens with zero attached hydrogens (tertiary/aromatic N) is 1. The molecule has 318 valence electrons. The highest BCUT2D eigenvalue weighted by atomic mass is 31.2. The minimum atomic E-state index is -4.44. The van der Waals surface area contributed by atoms with Gasteiger partial charge < -0.3 is 24.2 Å². The van der Waals surface area contributed by atoms with E-state index < -0.39 is 32.5 Å². The van der Waals surface area contributed by atoms with Crippen LogP contribution in [0.15, 0.2) is 24.3 Å². The summed E-state index contributed by atoms with van der Waals surface area (Å²) in [6.07, 6.45) is 18.9. The standard InChI is InChI=1S/C43H77N2O9P/c1-8-9-10-11-12-13-14-15-16-17-18-19-20-21-22-24-41(46)51-34-40(35-53-55(49,50)52-32-31-45(5,6)7)54-42(47)25-23-30-44-43(48)37(4)39-28-26-38(27-29-39)33-36(2)3/h26-29,36-37,40H,8-25,30-35H2,1-7H3,(H-,44,48,49,50)/p+1. The van der Waals surface area contributed by atoms with Gasteiger partial charge in [-0.3, -0.25) is 23.4 Å². The van der Waals surface area contributed by atoms with Gasteiger partial charge in [0.1, 0.15) is 19.8 Å². The molecule has 0 saturated heterocycles. The minimum Gasteiger partial charge on any atom is -0.462 e. The van der Waals surface area contributed by atoms with Crippen LogP contribution in [0.2, 0.25) is 0 Å². The fourth-order valence-corrected chi connectivity index (χ4v) is 6.81. The second-order valence-electron chi connectivity index (χ2n) is 16.6. The monoisotopic (exact) mass is 798 g/mol. The lowest BCUT2D eigenvalue weighted by molar-refractivity contribution is -0.870. The molecule has 1 amide bonds. The van der Waals surface area contributed by atoms with E-state index in [1.807, 2.05) is 40.2 Å². The largest absolute Gasteiger partial charge is 0.472 e. The van der Waals surface area contributed by atoms with Gasteiger partial charge in [-0.25, -0.2) is 4.57 Å². The van der Waals surface area contributed by atoms with Crippen LogP contribution in [-0.4, -0.2) is 87.4 Å². The molecule has 1 aromatic carbocycles. The molecule has 2 N–H and O–H groups in total. The van der Waals surface area contributed by atoms with Gasteiger partial charge in [0, 0.05) is 19.4 Å². The summed E-state index contributed by atoms with van der Waals surface area (Å²) in [5.41, 5.74) is 2.15. The maximum absolute atomic E-state index is 12.8. The number of likely N-dealkylation sites (N-methyl/N-ethyl adjacent to an activating group) is 1. The van der Waals surface area contributed by atoms with Crippen molar-refractivity contribution >= 4 is 25.7 Å². The zero-order valence-electron chi connectivity index (χ0n) is 35.6. The first kappa shape index (κ1) is 50.7. The molecule has 0 heterocycles. The molecule has 12 heteroatoms. The smallest absolute Gasteiger partial charge is 0.462 e. The second kappa shape index (κ2) is 29.9. The Morgan fingerprint density at radius 3 is 1.78 bits per heavy atom. The summed E-state index contributed by atoms with van der Waals surface area (Å²) in [5, 5.41) is 2.88. The van der Waals surface area contributed by atoms with Gasteiger partial charge in [-0.2, -0.15) is 0 Å². The predicted octanol–water partition coefficient (Wildman–Crippen LogP) is 9.44. The number of unbranched alkanes of at least 4 members (excludes halogenated alkanes) is 14. The number of nitrogens with one attached hydrogen (secondary N) is 1. The third-order valence-corrected chi connectivity index (χ3v) is 10.5. The van der Waals surface area contributed by atoms with Crippen LogP contribution in [0.1, 0.15) is 160 Å². The zero-order chi connectivity index (χ0) is 41.0. The molecule has 0 aliphatic carbocycles. The molecule has 0 spiro atoms. The number of carbonyl (C=O) groups excluding carboxylic acids is 3. The number of amides is 1. The summed E-state index contributed by atoms with van der Waals surface area (Å²) in [6, 6.07) is 8.07. The Morgan fingerprint density at radius 2 is 1.25 bits per heavy atom. The van der Waals surface area contributed by atoms with Crippen molar-refractivity contribution in [2.24, 2.45) is 5.92 Å². The highest BCUT2D eigenvalue weighted by molar-refractivity contribution is 7.47. The lowest BCUT2D eigenvalue weighted by Gasteiger charge is -2.24. The molecule has 3 atom stereocenters. The maximum Gasteiger partial charge on any atom is 0.472 e. The molecule has 11 nitrogen and oxygen atoms in total. The number of benzene rings is 1. The molecule has 0 aromatic heterocycles. The zero-order valence-corrected chi connectivity index (χ0v) is 36.5. The fourth-order valence-electron chi connectivity index (χ4n) is 6.07. The Labute approximate surface area is 334 Å². The average molecular weight is 798 g/mol. The lowest BCUT2D eigenvalue weighted by Crippen LogP contribution is -2.37. The van der Waals surface area contributed by atoms with Gasteiger partial charge in [0.2, 0.25) is 5.91 Å². The Bertz CT molecular complexity index is 1220. The van der Waals surface area contributed by atoms with Crippen LogP contribution in [0.3, 0.4) is 0 Å². The molecule has 55 heavy (non-hydrogen) atoms. The summed E-state index contributed by atoms with van der Waals surface area (Å²) < 4.78 is 34.2. The van der Waals surface area contributed by atoms with Crippen LogP contribution in [0.4, 0.5) is 0 Å². The van der Waals surface area contributed by atoms with Gasteiger partial charge >= 0.3 is 19.8 Å². The van der Waals surface area contributed by atoms with Crippen molar-refractivity contribution in [1.29, 1.82) is 0 Å². The predicted molar refractivity (Wildman–Crippen MR) is 221 cm³/mol. The molecule has 0 aliphatic heterocycles. The van der Waals surface area contributed by atoms with Crippen LogP contribution in [0.5, 0.6) is 0 Å². The van der Waals surface area contributed by atoms with Crippen molar-refractivity contribution in [2.75, 3.05) is 54.1 Å². The Kier molecular flexibility index (Phi) is 27.5. The highest BCUT2D eigenvalue weighted by Crippen LogP contribution is 2.43. The van der Waals surface area contributed by atoms with Gasteiger partial charge in [0.05, 0.1) is 33.7 Å². The lowest BCUT2D eigenvalue weighted by atomic mass is 9.96. The summed E-state index contributed by atoms with van der Waals surface area (Å²) >= 11 is 0. The van der Waals surface area contributed by atoms with Crippen molar-refractivity contribution < 1.29 is 46.8 Å². The van der Waals surface area contributed by atoms with E-state index in [1.54, 1.807) is 0 Å².